The van der Waals surface area contributed by atoms with Crippen LogP contribution in [0.2, 0.25) is 0 Å². The molecular weight excluding hydrogens is 214 g/mol. The minimum atomic E-state index is 0.326. The molecule has 1 aliphatic carbocycles. The molecule has 0 spiro atoms. The molecule has 0 bridgehead atoms. The van der Waals surface area contributed by atoms with Gasteiger partial charge in [-0.25, -0.2) is 0 Å². The molecule has 0 saturated heterocycles. The summed E-state index contributed by atoms with van der Waals surface area (Å²) in [5, 5.41) is 0. The van der Waals surface area contributed by atoms with Gasteiger partial charge in [-0.3, -0.25) is 0 Å². The maximum atomic E-state index is 5.85. The van der Waals surface area contributed by atoms with Gasteiger partial charge in [0, 0.05) is 6.07 Å². The molecule has 0 heterocycles. The normalized spacial score (nSPS) is 16.7. The first-order valence-corrected chi connectivity index (χ1v) is 6.06. The lowest BCUT2D eigenvalue weighted by Crippen LogP contribution is -2.18. The van der Waals surface area contributed by atoms with Crippen molar-refractivity contribution >= 4 is 0 Å². The fraction of sp³-hybridized carbons (Fsp3) is 0.571. The van der Waals surface area contributed by atoms with Crippen LogP contribution in [0, 0.1) is 12.3 Å². The topological polar surface area (TPSA) is 44.5 Å². The Morgan fingerprint density at radius 3 is 2.41 bits per heavy atom. The molecule has 0 radical (unpaired) electrons. The second-order valence-electron chi connectivity index (χ2n) is 5.01. The van der Waals surface area contributed by atoms with Gasteiger partial charge in [0.25, 0.3) is 0 Å². The molecule has 3 heteroatoms. The standard InChI is InChI=1S/C14H21NO2/c1-10-6-11(16-2)7-13(17-3)12(10)8-14(9-15)4-5-14/h6-7H,4-5,8-9,15H2,1-3H3. The van der Waals surface area contributed by atoms with Gasteiger partial charge in [0.2, 0.25) is 0 Å². The first-order valence-electron chi connectivity index (χ1n) is 6.06. The van der Waals surface area contributed by atoms with Crippen molar-refractivity contribution in [3.8, 4) is 11.5 Å². The Labute approximate surface area is 103 Å². The monoisotopic (exact) mass is 235 g/mol. The number of hydrogen-bond acceptors (Lipinski definition) is 3. The molecule has 94 valence electrons. The van der Waals surface area contributed by atoms with Crippen molar-refractivity contribution < 1.29 is 9.47 Å². The van der Waals surface area contributed by atoms with Gasteiger partial charge in [-0.05, 0) is 55.3 Å². The Bertz CT molecular complexity index is 411. The van der Waals surface area contributed by atoms with Crippen LogP contribution in [0.3, 0.4) is 0 Å². The molecule has 1 aromatic rings. The minimum absolute atomic E-state index is 0.326. The fourth-order valence-corrected chi connectivity index (χ4v) is 2.28. The van der Waals surface area contributed by atoms with E-state index in [2.05, 4.69) is 13.0 Å². The first kappa shape index (κ1) is 12.2. The third-order valence-corrected chi connectivity index (χ3v) is 3.80. The summed E-state index contributed by atoms with van der Waals surface area (Å²) in [6.45, 7) is 2.87. The van der Waals surface area contributed by atoms with Crippen molar-refractivity contribution in [1.29, 1.82) is 0 Å². The van der Waals surface area contributed by atoms with Crippen molar-refractivity contribution in [2.24, 2.45) is 11.1 Å². The van der Waals surface area contributed by atoms with Crippen LogP contribution < -0.4 is 15.2 Å². The molecule has 0 aliphatic heterocycles. The number of ether oxygens (including phenoxy) is 2. The van der Waals surface area contributed by atoms with Crippen LogP contribution in [-0.4, -0.2) is 20.8 Å². The molecule has 0 atom stereocenters. The lowest BCUT2D eigenvalue weighted by Gasteiger charge is -2.18. The van der Waals surface area contributed by atoms with Gasteiger partial charge in [-0.1, -0.05) is 0 Å². The minimum Gasteiger partial charge on any atom is -0.497 e. The van der Waals surface area contributed by atoms with Crippen LogP contribution in [0.1, 0.15) is 24.0 Å². The molecule has 0 unspecified atom stereocenters. The van der Waals surface area contributed by atoms with E-state index in [1.807, 2.05) is 6.07 Å². The van der Waals surface area contributed by atoms with Gasteiger partial charge in [0.05, 0.1) is 14.2 Å². The number of benzene rings is 1. The predicted molar refractivity (Wildman–Crippen MR) is 68.7 cm³/mol. The van der Waals surface area contributed by atoms with E-state index in [4.69, 9.17) is 15.2 Å². The molecule has 2 N–H and O–H groups in total. The Morgan fingerprint density at radius 1 is 1.24 bits per heavy atom. The summed E-state index contributed by atoms with van der Waals surface area (Å²) < 4.78 is 10.7. The Hall–Kier alpha value is -1.22. The van der Waals surface area contributed by atoms with Crippen molar-refractivity contribution in [3.05, 3.63) is 23.3 Å². The van der Waals surface area contributed by atoms with Crippen molar-refractivity contribution in [2.45, 2.75) is 26.2 Å². The van der Waals surface area contributed by atoms with Gasteiger partial charge in [0.1, 0.15) is 11.5 Å². The van der Waals surface area contributed by atoms with Crippen molar-refractivity contribution in [1.82, 2.24) is 0 Å². The Morgan fingerprint density at radius 2 is 1.94 bits per heavy atom. The summed E-state index contributed by atoms with van der Waals surface area (Å²) in [5.41, 5.74) is 8.67. The van der Waals surface area contributed by atoms with Gasteiger partial charge in [-0.2, -0.15) is 0 Å². The lowest BCUT2D eigenvalue weighted by atomic mass is 9.93. The molecule has 1 aliphatic rings. The van der Waals surface area contributed by atoms with Gasteiger partial charge < -0.3 is 15.2 Å². The summed E-state index contributed by atoms with van der Waals surface area (Å²) in [6.07, 6.45) is 3.48. The molecule has 2 rings (SSSR count). The highest BCUT2D eigenvalue weighted by molar-refractivity contribution is 5.47. The Balaban J connectivity index is 2.32. The third kappa shape index (κ3) is 2.39. The van der Waals surface area contributed by atoms with E-state index in [0.717, 1.165) is 24.5 Å². The zero-order chi connectivity index (χ0) is 12.5. The zero-order valence-electron chi connectivity index (χ0n) is 10.9. The van der Waals surface area contributed by atoms with E-state index in [1.54, 1.807) is 14.2 Å². The highest BCUT2D eigenvalue weighted by Crippen LogP contribution is 2.49. The first-order chi connectivity index (χ1) is 8.14. The molecule has 0 amide bonds. The third-order valence-electron chi connectivity index (χ3n) is 3.80. The molecular formula is C14H21NO2. The van der Waals surface area contributed by atoms with Crippen LogP contribution in [-0.2, 0) is 6.42 Å². The van der Waals surface area contributed by atoms with Crippen molar-refractivity contribution in [2.75, 3.05) is 20.8 Å². The van der Waals surface area contributed by atoms with Crippen LogP contribution in [0.15, 0.2) is 12.1 Å². The molecule has 1 fully saturated rings. The molecule has 3 nitrogen and oxygen atoms in total. The zero-order valence-corrected chi connectivity index (χ0v) is 10.9. The van der Waals surface area contributed by atoms with E-state index in [9.17, 15) is 0 Å². The van der Waals surface area contributed by atoms with E-state index < -0.39 is 0 Å². The second kappa shape index (κ2) is 4.57. The molecule has 1 aromatic carbocycles. The van der Waals surface area contributed by atoms with Crippen LogP contribution >= 0.6 is 0 Å². The summed E-state index contributed by atoms with van der Waals surface area (Å²) in [5.74, 6) is 1.77. The maximum Gasteiger partial charge on any atom is 0.126 e. The summed E-state index contributed by atoms with van der Waals surface area (Å²) >= 11 is 0. The smallest absolute Gasteiger partial charge is 0.126 e. The lowest BCUT2D eigenvalue weighted by molar-refractivity contribution is 0.385. The summed E-state index contributed by atoms with van der Waals surface area (Å²) in [6, 6.07) is 4.01. The fourth-order valence-electron chi connectivity index (χ4n) is 2.28. The van der Waals surface area contributed by atoms with Gasteiger partial charge in [-0.15, -0.1) is 0 Å². The second-order valence-corrected chi connectivity index (χ2v) is 5.01. The maximum absolute atomic E-state index is 5.85. The van der Waals surface area contributed by atoms with Crippen LogP contribution in [0.5, 0.6) is 11.5 Å². The average Bonchev–Trinajstić information content (AvgIpc) is 3.12. The molecule has 1 saturated carbocycles. The number of hydrogen-bond donors (Lipinski definition) is 1. The van der Waals surface area contributed by atoms with E-state index >= 15 is 0 Å². The quantitative estimate of drug-likeness (QED) is 0.851. The highest BCUT2D eigenvalue weighted by Gasteiger charge is 2.41. The van der Waals surface area contributed by atoms with E-state index in [-0.39, 0.29) is 0 Å². The summed E-state index contributed by atoms with van der Waals surface area (Å²) in [7, 11) is 3.38. The predicted octanol–water partition coefficient (Wildman–Crippen LogP) is 2.29. The highest BCUT2D eigenvalue weighted by atomic mass is 16.5. The number of nitrogens with two attached hydrogens (primary N) is 1. The number of rotatable bonds is 5. The number of methoxy groups -OCH3 is 2. The summed E-state index contributed by atoms with van der Waals surface area (Å²) in [4.78, 5) is 0. The van der Waals surface area contributed by atoms with E-state index in [1.165, 1.54) is 24.0 Å². The molecule has 17 heavy (non-hydrogen) atoms. The van der Waals surface area contributed by atoms with Gasteiger partial charge in [0.15, 0.2) is 0 Å². The van der Waals surface area contributed by atoms with Crippen molar-refractivity contribution in [3.63, 3.8) is 0 Å². The van der Waals surface area contributed by atoms with Gasteiger partial charge >= 0.3 is 0 Å². The largest absolute Gasteiger partial charge is 0.497 e. The average molecular weight is 235 g/mol. The Kier molecular flexibility index (Phi) is 3.29. The van der Waals surface area contributed by atoms with E-state index in [0.29, 0.717) is 5.41 Å². The molecule has 0 aromatic heterocycles. The van der Waals surface area contributed by atoms with Crippen LogP contribution in [0.4, 0.5) is 0 Å². The SMILES string of the molecule is COc1cc(C)c(CC2(CN)CC2)c(OC)c1. The number of aryl methyl sites for hydroxylation is 1. The van der Waals surface area contributed by atoms with Crippen LogP contribution in [0.25, 0.3) is 0 Å².